The monoisotopic (exact) mass is 537 g/mol. The zero-order valence-electron chi connectivity index (χ0n) is 22.0. The number of allylic oxidation sites excluding steroid dienone is 7. The van der Waals surface area contributed by atoms with Crippen LogP contribution in [0.25, 0.3) is 5.57 Å². The van der Waals surface area contributed by atoms with Crippen molar-refractivity contribution in [2.24, 2.45) is 10.9 Å². The van der Waals surface area contributed by atoms with Gasteiger partial charge in [0.25, 0.3) is 0 Å². The highest BCUT2D eigenvalue weighted by atomic mass is 32.2. The standard InChI is InChI=1S/C30H33F2N3O2S/c1-5-7-28(38-20-21(2)8-6-15-35-4)27(19-34)29(26(18-33)22(3)23-9-10-23)24-11-13-25(14-12-24)36-16-17-37-30(31)32/h6-8,11-15,23,30H,2,5,9-10,16-17,20H2,1,3-4H3/b8-6-,26-22+,28-7-,29-27-,35-15?. The maximum atomic E-state index is 12.2. The zero-order chi connectivity index (χ0) is 27.9. The Morgan fingerprint density at radius 1 is 1.18 bits per heavy atom. The Kier molecular flexibility index (Phi) is 13.3. The topological polar surface area (TPSA) is 78.4 Å². The first-order valence-corrected chi connectivity index (χ1v) is 13.3. The number of halogens is 2. The molecule has 38 heavy (non-hydrogen) atoms. The van der Waals surface area contributed by atoms with Crippen LogP contribution in [0, 0.1) is 28.6 Å². The lowest BCUT2D eigenvalue weighted by Crippen LogP contribution is -2.09. The summed E-state index contributed by atoms with van der Waals surface area (Å²) in [6.07, 6.45) is 10.1. The average molecular weight is 538 g/mol. The fraction of sp³-hybridized carbons (Fsp3) is 0.367. The van der Waals surface area contributed by atoms with Crippen molar-refractivity contribution in [3.63, 3.8) is 0 Å². The van der Waals surface area contributed by atoms with Crippen molar-refractivity contribution in [2.75, 3.05) is 26.0 Å². The number of alkyl halides is 2. The molecule has 1 aliphatic carbocycles. The molecule has 0 unspecified atom stereocenters. The highest BCUT2D eigenvalue weighted by Crippen LogP contribution is 2.43. The van der Waals surface area contributed by atoms with Crippen molar-refractivity contribution in [1.29, 1.82) is 10.5 Å². The third kappa shape index (κ3) is 9.78. The lowest BCUT2D eigenvalue weighted by molar-refractivity contribution is -0.133. The Hall–Kier alpha value is -3.46. The van der Waals surface area contributed by atoms with Gasteiger partial charge in [-0.05, 0) is 61.4 Å². The number of ether oxygens (including phenoxy) is 2. The molecule has 0 bridgehead atoms. The molecule has 5 nitrogen and oxygen atoms in total. The van der Waals surface area contributed by atoms with Gasteiger partial charge in [0.1, 0.15) is 18.4 Å². The van der Waals surface area contributed by atoms with Crippen LogP contribution in [0.15, 0.2) is 81.3 Å². The highest BCUT2D eigenvalue weighted by molar-refractivity contribution is 8.03. The summed E-state index contributed by atoms with van der Waals surface area (Å²) >= 11 is 1.50. The van der Waals surface area contributed by atoms with Gasteiger partial charge in [-0.2, -0.15) is 19.3 Å². The summed E-state index contributed by atoms with van der Waals surface area (Å²) in [5.74, 6) is 1.38. The largest absolute Gasteiger partial charge is 0.491 e. The van der Waals surface area contributed by atoms with Gasteiger partial charge >= 0.3 is 6.61 Å². The summed E-state index contributed by atoms with van der Waals surface area (Å²) in [5.41, 5.74) is 4.07. The molecule has 1 aromatic carbocycles. The van der Waals surface area contributed by atoms with Crippen LogP contribution in [-0.4, -0.2) is 38.8 Å². The van der Waals surface area contributed by atoms with E-state index in [2.05, 4.69) is 28.4 Å². The molecule has 200 valence electrons. The van der Waals surface area contributed by atoms with Crippen LogP contribution in [0.2, 0.25) is 0 Å². The van der Waals surface area contributed by atoms with Crippen molar-refractivity contribution in [1.82, 2.24) is 0 Å². The summed E-state index contributed by atoms with van der Waals surface area (Å²) in [5, 5.41) is 20.6. The van der Waals surface area contributed by atoms with Crippen LogP contribution >= 0.6 is 11.8 Å². The number of nitrogens with zero attached hydrogens (tertiary/aromatic N) is 3. The quantitative estimate of drug-likeness (QED) is 0.0993. The first-order valence-electron chi connectivity index (χ1n) is 12.3. The molecule has 0 aliphatic heterocycles. The van der Waals surface area contributed by atoms with Crippen molar-refractivity contribution in [3.8, 4) is 17.9 Å². The second kappa shape index (κ2) is 16.4. The van der Waals surface area contributed by atoms with E-state index < -0.39 is 6.61 Å². The third-order valence-corrected chi connectivity index (χ3v) is 6.86. The Morgan fingerprint density at radius 3 is 2.42 bits per heavy atom. The molecule has 1 aromatic rings. The minimum absolute atomic E-state index is 0.0254. The van der Waals surface area contributed by atoms with Crippen LogP contribution in [0.5, 0.6) is 5.75 Å². The number of benzene rings is 1. The number of nitriles is 2. The van der Waals surface area contributed by atoms with Gasteiger partial charge in [-0.3, -0.25) is 4.99 Å². The second-order valence-corrected chi connectivity index (χ2v) is 9.52. The fourth-order valence-electron chi connectivity index (χ4n) is 3.63. The molecule has 0 radical (unpaired) electrons. The highest BCUT2D eigenvalue weighted by Gasteiger charge is 2.28. The molecular formula is C30H33F2N3O2S. The molecule has 0 atom stereocenters. The van der Waals surface area contributed by atoms with E-state index in [9.17, 15) is 19.3 Å². The number of aliphatic imine (C=N–C) groups is 1. The van der Waals surface area contributed by atoms with Crippen LogP contribution in [-0.2, 0) is 4.74 Å². The molecule has 1 fully saturated rings. The number of hydrogen-bond donors (Lipinski definition) is 0. The molecular weight excluding hydrogens is 504 g/mol. The summed E-state index contributed by atoms with van der Waals surface area (Å²) in [6, 6.07) is 11.7. The van der Waals surface area contributed by atoms with E-state index >= 15 is 0 Å². The first kappa shape index (κ1) is 30.8. The van der Waals surface area contributed by atoms with Gasteiger partial charge in [0.15, 0.2) is 0 Å². The zero-order valence-corrected chi connectivity index (χ0v) is 22.9. The normalized spacial score (nSPS) is 15.3. The molecule has 8 heteroatoms. The van der Waals surface area contributed by atoms with E-state index in [1.54, 1.807) is 37.5 Å². The van der Waals surface area contributed by atoms with Gasteiger partial charge < -0.3 is 9.47 Å². The van der Waals surface area contributed by atoms with Gasteiger partial charge in [-0.15, -0.1) is 11.8 Å². The molecule has 0 amide bonds. The van der Waals surface area contributed by atoms with Crippen LogP contribution < -0.4 is 4.74 Å². The Morgan fingerprint density at radius 2 is 1.87 bits per heavy atom. The van der Waals surface area contributed by atoms with Gasteiger partial charge in [0.2, 0.25) is 0 Å². The van der Waals surface area contributed by atoms with E-state index in [1.165, 1.54) is 11.8 Å². The summed E-state index contributed by atoms with van der Waals surface area (Å²) < 4.78 is 34.1. The van der Waals surface area contributed by atoms with E-state index in [1.807, 2.05) is 32.1 Å². The lowest BCUT2D eigenvalue weighted by Gasteiger charge is -2.16. The van der Waals surface area contributed by atoms with E-state index in [0.29, 0.717) is 46.1 Å². The Balaban J connectivity index is 2.49. The SMILES string of the molecule is C=C(/C=C\C=NC)CSC(=C\CC)/C(C#N)=C(\C(C#N)=C(/C)C1CC1)c1ccc(OCCOC(F)F)cc1. The van der Waals surface area contributed by atoms with Crippen molar-refractivity contribution in [3.05, 3.63) is 81.8 Å². The third-order valence-electron chi connectivity index (χ3n) is 5.66. The van der Waals surface area contributed by atoms with Crippen LogP contribution in [0.3, 0.4) is 0 Å². The van der Waals surface area contributed by atoms with Gasteiger partial charge in [-0.1, -0.05) is 43.4 Å². The summed E-state index contributed by atoms with van der Waals surface area (Å²) in [6.45, 7) is 4.95. The maximum Gasteiger partial charge on any atom is 0.345 e. The summed E-state index contributed by atoms with van der Waals surface area (Å²) in [7, 11) is 1.69. The molecule has 1 aliphatic rings. The smallest absolute Gasteiger partial charge is 0.345 e. The maximum absolute atomic E-state index is 12.2. The molecule has 2 rings (SSSR count). The van der Waals surface area contributed by atoms with Crippen LogP contribution in [0.4, 0.5) is 8.78 Å². The van der Waals surface area contributed by atoms with Gasteiger partial charge in [-0.25, -0.2) is 0 Å². The van der Waals surface area contributed by atoms with Crippen molar-refractivity contribution >= 4 is 23.5 Å². The predicted octanol–water partition coefficient (Wildman–Crippen LogP) is 7.67. The molecule has 0 aromatic heterocycles. The Labute approximate surface area is 228 Å². The van der Waals surface area contributed by atoms with E-state index in [0.717, 1.165) is 28.9 Å². The fourth-order valence-corrected chi connectivity index (χ4v) is 4.64. The Bertz CT molecular complexity index is 1200. The number of thioether (sulfide) groups is 1. The average Bonchev–Trinajstić information content (AvgIpc) is 3.75. The van der Waals surface area contributed by atoms with E-state index in [4.69, 9.17) is 4.74 Å². The lowest BCUT2D eigenvalue weighted by atomic mass is 9.89. The number of rotatable bonds is 15. The molecule has 0 heterocycles. The summed E-state index contributed by atoms with van der Waals surface area (Å²) in [4.78, 5) is 4.71. The molecule has 1 saturated carbocycles. The minimum atomic E-state index is -2.84. The second-order valence-electron chi connectivity index (χ2n) is 8.50. The molecule has 0 spiro atoms. The minimum Gasteiger partial charge on any atom is -0.491 e. The van der Waals surface area contributed by atoms with Crippen LogP contribution in [0.1, 0.15) is 38.7 Å². The van der Waals surface area contributed by atoms with Gasteiger partial charge in [0, 0.05) is 29.5 Å². The van der Waals surface area contributed by atoms with Crippen molar-refractivity contribution in [2.45, 2.75) is 39.7 Å². The predicted molar refractivity (Wildman–Crippen MR) is 151 cm³/mol. The van der Waals surface area contributed by atoms with Crippen molar-refractivity contribution < 1.29 is 18.3 Å². The van der Waals surface area contributed by atoms with Gasteiger partial charge in [0.05, 0.1) is 23.8 Å². The molecule has 0 saturated heterocycles. The van der Waals surface area contributed by atoms with E-state index in [-0.39, 0.29) is 13.2 Å². The molecule has 0 N–H and O–H groups in total. The number of hydrogen-bond acceptors (Lipinski definition) is 6. The first-order chi connectivity index (χ1) is 18.4.